The summed E-state index contributed by atoms with van der Waals surface area (Å²) >= 11 is 0. The molecule has 6 nitrogen and oxygen atoms in total. The van der Waals surface area contributed by atoms with Crippen LogP contribution in [-0.4, -0.2) is 30.9 Å². The van der Waals surface area contributed by atoms with Crippen LogP contribution in [0.1, 0.15) is 154 Å². The van der Waals surface area contributed by atoms with E-state index in [0.29, 0.717) is 25.3 Å². The summed E-state index contributed by atoms with van der Waals surface area (Å²) in [6, 6.07) is 17.0. The smallest absolute Gasteiger partial charge is 0.223 e. The topological polar surface area (TPSA) is 77.0 Å². The molecule has 2 aromatic heterocycles. The fourth-order valence-electron chi connectivity index (χ4n) is 6.84. The van der Waals surface area contributed by atoms with Crippen LogP contribution in [0.2, 0.25) is 0 Å². The van der Waals surface area contributed by atoms with Crippen molar-refractivity contribution >= 4 is 33.7 Å². The Hall–Kier alpha value is -3.41. The van der Waals surface area contributed by atoms with Crippen molar-refractivity contribution in [3.63, 3.8) is 0 Å². The van der Waals surface area contributed by atoms with Crippen LogP contribution in [0.4, 0.5) is 5.82 Å². The number of carbonyl (C=O) groups excluding carboxylic acids is 1. The van der Waals surface area contributed by atoms with E-state index in [0.717, 1.165) is 65.4 Å². The molecule has 2 aromatic carbocycles. The molecule has 0 saturated carbocycles. The third-order valence-corrected chi connectivity index (χ3v) is 9.75. The van der Waals surface area contributed by atoms with Gasteiger partial charge in [-0.05, 0) is 50.8 Å². The molecule has 6 heteroatoms. The number of nitrogens with zero attached hydrogens (tertiary/aromatic N) is 4. The minimum atomic E-state index is -0.231. The van der Waals surface area contributed by atoms with E-state index in [4.69, 9.17) is 10.7 Å². The number of nitrogen functional groups attached to an aromatic ring is 1. The normalized spacial score (nSPS) is 11.9. The van der Waals surface area contributed by atoms with E-state index in [1.54, 1.807) is 0 Å². The van der Waals surface area contributed by atoms with Crippen LogP contribution in [0.15, 0.2) is 48.5 Å². The molecule has 0 radical (unpaired) electrons. The van der Waals surface area contributed by atoms with E-state index in [1.165, 1.54) is 76.2 Å². The van der Waals surface area contributed by atoms with Crippen molar-refractivity contribution in [1.29, 1.82) is 0 Å². The molecular weight excluding hydrogens is 590 g/mol. The van der Waals surface area contributed by atoms with Gasteiger partial charge in [-0.3, -0.25) is 4.79 Å². The molecule has 0 saturated heterocycles. The van der Waals surface area contributed by atoms with Crippen molar-refractivity contribution < 1.29 is 4.79 Å². The standard InChI is InChI=1S/C42H63N5O/c1-6-8-10-11-12-13-14-15-16-17-18-19-20-26-38(48)47(42(3,4)5)32-34-29-27-33(28-30-34)31-46-37(25-9-7-2)45-39-40(46)35-23-21-22-24-36(35)44-41(39)43/h21-24,27-30H,6-20,25-26,31-32H2,1-5H3,(H2,43,44). The Morgan fingerprint density at radius 2 is 1.29 bits per heavy atom. The minimum Gasteiger partial charge on any atom is -0.382 e. The number of aromatic nitrogens is 3. The molecule has 2 heterocycles. The molecule has 4 aromatic rings. The first-order valence-corrected chi connectivity index (χ1v) is 19.1. The SMILES string of the molecule is CCCCCCCCCCCCCCCC(=O)N(Cc1ccc(Cn2c(CCCC)nc3c(N)nc4ccccc4c32)cc1)C(C)(C)C. The summed E-state index contributed by atoms with van der Waals surface area (Å²) in [6.07, 6.45) is 20.8. The molecule has 0 aliphatic heterocycles. The molecule has 262 valence electrons. The second kappa shape index (κ2) is 19.0. The number of pyridine rings is 1. The van der Waals surface area contributed by atoms with Gasteiger partial charge in [-0.2, -0.15) is 0 Å². The van der Waals surface area contributed by atoms with Gasteiger partial charge in [0.1, 0.15) is 11.3 Å². The molecule has 0 aliphatic carbocycles. The molecular formula is C42H63N5O. The van der Waals surface area contributed by atoms with Gasteiger partial charge in [0.25, 0.3) is 0 Å². The predicted octanol–water partition coefficient (Wildman–Crippen LogP) is 11.2. The van der Waals surface area contributed by atoms with Crippen molar-refractivity contribution in [2.75, 3.05) is 5.73 Å². The number of benzene rings is 2. The van der Waals surface area contributed by atoms with Crippen molar-refractivity contribution in [2.24, 2.45) is 0 Å². The molecule has 0 atom stereocenters. The van der Waals surface area contributed by atoms with E-state index in [9.17, 15) is 4.79 Å². The summed E-state index contributed by atoms with van der Waals surface area (Å²) < 4.78 is 2.33. The number of nitrogens with two attached hydrogens (primary N) is 1. The lowest BCUT2D eigenvalue weighted by Crippen LogP contribution is -2.45. The lowest BCUT2D eigenvalue weighted by molar-refractivity contribution is -0.136. The van der Waals surface area contributed by atoms with Crippen molar-refractivity contribution in [2.45, 2.75) is 162 Å². The maximum absolute atomic E-state index is 13.5. The van der Waals surface area contributed by atoms with E-state index < -0.39 is 0 Å². The van der Waals surface area contributed by atoms with Gasteiger partial charge in [-0.25, -0.2) is 9.97 Å². The number of aryl methyl sites for hydroxylation is 1. The fraction of sp³-hybridized carbons (Fsp3) is 0.595. The number of hydrogen-bond acceptors (Lipinski definition) is 4. The number of anilines is 1. The van der Waals surface area contributed by atoms with Gasteiger partial charge >= 0.3 is 0 Å². The first-order chi connectivity index (χ1) is 23.2. The van der Waals surface area contributed by atoms with Crippen LogP contribution in [0.3, 0.4) is 0 Å². The Bertz CT molecular complexity index is 1550. The van der Waals surface area contributed by atoms with Crippen LogP contribution >= 0.6 is 0 Å². The van der Waals surface area contributed by atoms with E-state index in [1.807, 2.05) is 12.1 Å². The van der Waals surface area contributed by atoms with Crippen molar-refractivity contribution in [3.8, 4) is 0 Å². The summed E-state index contributed by atoms with van der Waals surface area (Å²) in [5, 5.41) is 1.08. The highest BCUT2D eigenvalue weighted by Crippen LogP contribution is 2.30. The third kappa shape index (κ3) is 10.8. The predicted molar refractivity (Wildman–Crippen MR) is 204 cm³/mol. The maximum Gasteiger partial charge on any atom is 0.223 e. The largest absolute Gasteiger partial charge is 0.382 e. The second-order valence-corrected chi connectivity index (χ2v) is 14.9. The van der Waals surface area contributed by atoms with Gasteiger partial charge in [0.05, 0.1) is 11.0 Å². The summed E-state index contributed by atoms with van der Waals surface area (Å²) in [4.78, 5) is 25.2. The van der Waals surface area contributed by atoms with Crippen LogP contribution in [0, 0.1) is 0 Å². The molecule has 0 aliphatic rings. The van der Waals surface area contributed by atoms with Crippen LogP contribution in [-0.2, 0) is 24.3 Å². The van der Waals surface area contributed by atoms with E-state index in [-0.39, 0.29) is 11.4 Å². The number of para-hydroxylation sites is 1. The van der Waals surface area contributed by atoms with Gasteiger partial charge in [0, 0.05) is 36.9 Å². The number of rotatable bonds is 21. The number of amides is 1. The van der Waals surface area contributed by atoms with Crippen LogP contribution in [0.5, 0.6) is 0 Å². The van der Waals surface area contributed by atoms with Gasteiger partial charge < -0.3 is 15.2 Å². The average molecular weight is 654 g/mol. The summed E-state index contributed by atoms with van der Waals surface area (Å²) in [5.74, 6) is 1.80. The molecule has 0 fully saturated rings. The quantitative estimate of drug-likeness (QED) is 0.0908. The Labute approximate surface area is 290 Å². The number of unbranched alkanes of at least 4 members (excludes halogenated alkanes) is 13. The number of hydrogen-bond donors (Lipinski definition) is 1. The maximum atomic E-state index is 13.5. The molecule has 0 unspecified atom stereocenters. The molecule has 0 bridgehead atoms. The van der Waals surface area contributed by atoms with Crippen LogP contribution in [0.25, 0.3) is 21.9 Å². The highest BCUT2D eigenvalue weighted by atomic mass is 16.2. The van der Waals surface area contributed by atoms with E-state index >= 15 is 0 Å². The van der Waals surface area contributed by atoms with Gasteiger partial charge in [-0.1, -0.05) is 140 Å². The zero-order valence-corrected chi connectivity index (χ0v) is 30.8. The highest BCUT2D eigenvalue weighted by Gasteiger charge is 2.26. The molecule has 48 heavy (non-hydrogen) atoms. The van der Waals surface area contributed by atoms with Crippen molar-refractivity contribution in [1.82, 2.24) is 19.4 Å². The van der Waals surface area contributed by atoms with Gasteiger partial charge in [0.2, 0.25) is 5.91 Å². The zero-order valence-electron chi connectivity index (χ0n) is 30.8. The summed E-state index contributed by atoms with van der Waals surface area (Å²) in [7, 11) is 0. The number of fused-ring (bicyclic) bond motifs is 3. The second-order valence-electron chi connectivity index (χ2n) is 14.9. The highest BCUT2D eigenvalue weighted by molar-refractivity contribution is 6.06. The first kappa shape index (κ1) is 37.4. The summed E-state index contributed by atoms with van der Waals surface area (Å²) in [5.41, 5.74) is 11.3. The summed E-state index contributed by atoms with van der Waals surface area (Å²) in [6.45, 7) is 12.3. The van der Waals surface area contributed by atoms with Gasteiger partial charge in [0.15, 0.2) is 5.82 Å². The Kier molecular flexibility index (Phi) is 14.8. The lowest BCUT2D eigenvalue weighted by Gasteiger charge is -2.36. The first-order valence-electron chi connectivity index (χ1n) is 19.1. The monoisotopic (exact) mass is 654 g/mol. The minimum absolute atomic E-state index is 0.231. The van der Waals surface area contributed by atoms with Crippen LogP contribution < -0.4 is 5.73 Å². The average Bonchev–Trinajstić information content (AvgIpc) is 3.43. The van der Waals surface area contributed by atoms with E-state index in [2.05, 4.69) is 85.5 Å². The molecule has 4 rings (SSSR count). The zero-order chi connectivity index (χ0) is 34.4. The third-order valence-electron chi connectivity index (χ3n) is 9.75. The van der Waals surface area contributed by atoms with Gasteiger partial charge in [-0.15, -0.1) is 0 Å². The molecule has 2 N–H and O–H groups in total. The van der Waals surface area contributed by atoms with Crippen molar-refractivity contribution in [3.05, 3.63) is 65.5 Å². The number of imidazole rings is 1. The fourth-order valence-corrected chi connectivity index (χ4v) is 6.84. The number of carbonyl (C=O) groups is 1. The molecule has 1 amide bonds. The Balaban J connectivity index is 1.31. The Morgan fingerprint density at radius 1 is 0.729 bits per heavy atom. The molecule has 0 spiro atoms. The lowest BCUT2D eigenvalue weighted by atomic mass is 10.0. The Morgan fingerprint density at radius 3 is 1.90 bits per heavy atom.